The molecule has 1 N–H and O–H groups in total. The Balaban J connectivity index is 5.14. The van der Waals surface area contributed by atoms with Crippen LogP contribution in [0.5, 0.6) is 0 Å². The maximum atomic E-state index is 11.8. The molecule has 0 spiro atoms. The van der Waals surface area contributed by atoms with Crippen molar-refractivity contribution in [2.45, 2.75) is 39.0 Å². The van der Waals surface area contributed by atoms with Crippen LogP contribution in [-0.2, 0) is 14.3 Å². The van der Waals surface area contributed by atoms with Gasteiger partial charge in [-0.25, -0.2) is 4.79 Å². The van der Waals surface area contributed by atoms with E-state index < -0.39 is 25.5 Å². The summed E-state index contributed by atoms with van der Waals surface area (Å²) >= 11 is 0. The van der Waals surface area contributed by atoms with Gasteiger partial charge in [0.15, 0.2) is 5.54 Å². The van der Waals surface area contributed by atoms with Crippen LogP contribution in [0.2, 0.25) is 19.6 Å². The van der Waals surface area contributed by atoms with Crippen LogP contribution in [0, 0.1) is 11.5 Å². The molecule has 0 saturated carbocycles. The summed E-state index contributed by atoms with van der Waals surface area (Å²) in [6.07, 6.45) is 3.09. The van der Waals surface area contributed by atoms with Gasteiger partial charge in [0.1, 0.15) is 8.07 Å². The van der Waals surface area contributed by atoms with Crippen LogP contribution in [0.1, 0.15) is 13.8 Å². The molecule has 104 valence electrons. The van der Waals surface area contributed by atoms with E-state index in [1.807, 2.05) is 19.6 Å². The fraction of sp³-hybridized carbons (Fsp3) is 0.500. The molecule has 0 radical (unpaired) electrons. The quantitative estimate of drug-likeness (QED) is 0.370. The van der Waals surface area contributed by atoms with Crippen molar-refractivity contribution in [1.29, 1.82) is 0 Å². The lowest BCUT2D eigenvalue weighted by Gasteiger charge is -2.22. The molecule has 0 saturated heterocycles. The minimum absolute atomic E-state index is 0.496. The average molecular weight is 279 g/mol. The zero-order valence-corrected chi connectivity index (χ0v) is 13.4. The molecule has 0 rings (SSSR count). The van der Waals surface area contributed by atoms with Crippen LogP contribution < -0.4 is 5.32 Å². The van der Waals surface area contributed by atoms with Crippen molar-refractivity contribution in [2.24, 2.45) is 0 Å². The molecular weight excluding hydrogens is 258 g/mol. The number of nitrogens with one attached hydrogen (secondary N) is 1. The maximum absolute atomic E-state index is 11.8. The molecular formula is C14H21NO3Si. The zero-order chi connectivity index (χ0) is 15.1. The largest absolute Gasteiger partial charge is 0.467 e. The first-order valence-corrected chi connectivity index (χ1v) is 9.46. The van der Waals surface area contributed by atoms with E-state index in [4.69, 9.17) is 0 Å². The Morgan fingerprint density at radius 2 is 1.89 bits per heavy atom. The van der Waals surface area contributed by atoms with E-state index in [1.54, 1.807) is 19.9 Å². The Hall–Kier alpha value is -1.76. The first-order chi connectivity index (χ1) is 8.64. The van der Waals surface area contributed by atoms with Crippen LogP contribution >= 0.6 is 0 Å². The molecule has 1 unspecified atom stereocenters. The van der Waals surface area contributed by atoms with Gasteiger partial charge in [-0.2, -0.15) is 0 Å². The second-order valence-electron chi connectivity index (χ2n) is 5.25. The molecule has 0 aliphatic heterocycles. The van der Waals surface area contributed by atoms with Gasteiger partial charge in [-0.1, -0.05) is 19.6 Å². The number of hydrogen-bond acceptors (Lipinski definition) is 3. The maximum Gasteiger partial charge on any atom is 0.336 e. The SMILES string of the molecule is CC=C=CC(C)(NC(=O)C#C[Si](C)(C)C)C(=O)OC. The van der Waals surface area contributed by atoms with Gasteiger partial charge >= 0.3 is 5.97 Å². The number of carbonyl (C=O) groups is 2. The summed E-state index contributed by atoms with van der Waals surface area (Å²) in [7, 11) is -0.359. The fourth-order valence-corrected chi connectivity index (χ4v) is 1.61. The number of hydrogen-bond donors (Lipinski definition) is 1. The highest BCUT2D eigenvalue weighted by atomic mass is 28.3. The summed E-state index contributed by atoms with van der Waals surface area (Å²) < 4.78 is 4.68. The van der Waals surface area contributed by atoms with Crippen molar-refractivity contribution in [3.05, 3.63) is 17.9 Å². The highest BCUT2D eigenvalue weighted by Gasteiger charge is 2.33. The molecule has 1 amide bonds. The predicted molar refractivity (Wildman–Crippen MR) is 78.0 cm³/mol. The zero-order valence-electron chi connectivity index (χ0n) is 12.4. The molecule has 0 aromatic rings. The topological polar surface area (TPSA) is 55.4 Å². The Labute approximate surface area is 115 Å². The van der Waals surface area contributed by atoms with Crippen molar-refractivity contribution in [1.82, 2.24) is 5.32 Å². The number of rotatable bonds is 3. The van der Waals surface area contributed by atoms with Crippen molar-refractivity contribution >= 4 is 20.0 Å². The van der Waals surface area contributed by atoms with E-state index >= 15 is 0 Å². The van der Waals surface area contributed by atoms with Gasteiger partial charge in [-0.05, 0) is 31.9 Å². The second kappa shape index (κ2) is 6.98. The van der Waals surface area contributed by atoms with Gasteiger partial charge in [0.2, 0.25) is 0 Å². The Bertz CT molecular complexity index is 469. The first-order valence-electron chi connectivity index (χ1n) is 5.96. The van der Waals surface area contributed by atoms with Gasteiger partial charge in [0.25, 0.3) is 5.91 Å². The number of esters is 1. The molecule has 19 heavy (non-hydrogen) atoms. The number of amides is 1. The molecule has 0 fully saturated rings. The Kier molecular flexibility index (Phi) is 6.33. The number of carbonyl (C=O) groups excluding carboxylic acids is 2. The van der Waals surface area contributed by atoms with E-state index in [9.17, 15) is 9.59 Å². The van der Waals surface area contributed by atoms with Gasteiger partial charge in [0, 0.05) is 0 Å². The molecule has 0 aromatic carbocycles. The number of methoxy groups -OCH3 is 1. The number of ether oxygens (including phenoxy) is 1. The van der Waals surface area contributed by atoms with Crippen LogP contribution in [0.15, 0.2) is 17.9 Å². The van der Waals surface area contributed by atoms with E-state index in [-0.39, 0.29) is 0 Å². The molecule has 0 bridgehead atoms. The highest BCUT2D eigenvalue weighted by molar-refractivity contribution is 6.84. The first kappa shape index (κ1) is 17.2. The predicted octanol–water partition coefficient (Wildman–Crippen LogP) is 1.65. The molecule has 0 aromatic heterocycles. The monoisotopic (exact) mass is 279 g/mol. The minimum Gasteiger partial charge on any atom is -0.467 e. The lowest BCUT2D eigenvalue weighted by Crippen LogP contribution is -2.51. The fourth-order valence-electron chi connectivity index (χ4n) is 1.12. The molecule has 5 heteroatoms. The third kappa shape index (κ3) is 6.66. The van der Waals surface area contributed by atoms with E-state index in [0.29, 0.717) is 0 Å². The van der Waals surface area contributed by atoms with Crippen LogP contribution in [-0.4, -0.2) is 32.6 Å². The Morgan fingerprint density at radius 1 is 1.32 bits per heavy atom. The standard InChI is InChI=1S/C14H21NO3Si/c1-7-8-10-14(2,13(17)18-3)15-12(16)9-11-19(4,5)6/h7,10H,1-6H3,(H,15,16). The van der Waals surface area contributed by atoms with Crippen molar-refractivity contribution in [3.63, 3.8) is 0 Å². The molecule has 4 nitrogen and oxygen atoms in total. The molecule has 0 aliphatic rings. The van der Waals surface area contributed by atoms with Gasteiger partial charge < -0.3 is 10.1 Å². The smallest absolute Gasteiger partial charge is 0.336 e. The average Bonchev–Trinajstić information content (AvgIpc) is 2.32. The van der Waals surface area contributed by atoms with Crippen molar-refractivity contribution < 1.29 is 14.3 Å². The van der Waals surface area contributed by atoms with Crippen LogP contribution in [0.25, 0.3) is 0 Å². The summed E-state index contributed by atoms with van der Waals surface area (Å²) in [5.41, 5.74) is 4.46. The third-order valence-electron chi connectivity index (χ3n) is 2.07. The van der Waals surface area contributed by atoms with Gasteiger partial charge in [-0.15, -0.1) is 11.3 Å². The van der Waals surface area contributed by atoms with E-state index in [2.05, 4.69) is 27.2 Å². The van der Waals surface area contributed by atoms with Gasteiger partial charge in [0.05, 0.1) is 7.11 Å². The molecule has 1 atom stereocenters. The van der Waals surface area contributed by atoms with Crippen molar-refractivity contribution in [3.8, 4) is 11.5 Å². The Morgan fingerprint density at radius 3 is 2.32 bits per heavy atom. The summed E-state index contributed by atoms with van der Waals surface area (Å²) in [6.45, 7) is 9.41. The normalized spacial score (nSPS) is 12.9. The van der Waals surface area contributed by atoms with Crippen LogP contribution in [0.3, 0.4) is 0 Å². The minimum atomic E-state index is -1.63. The lowest BCUT2D eigenvalue weighted by molar-refractivity contribution is -0.147. The summed E-state index contributed by atoms with van der Waals surface area (Å²) in [5.74, 6) is 1.47. The molecule has 0 heterocycles. The summed E-state index contributed by atoms with van der Waals surface area (Å²) in [5, 5.41) is 2.55. The van der Waals surface area contributed by atoms with E-state index in [1.165, 1.54) is 13.2 Å². The van der Waals surface area contributed by atoms with Gasteiger partial charge in [-0.3, -0.25) is 4.79 Å². The third-order valence-corrected chi connectivity index (χ3v) is 2.95. The van der Waals surface area contributed by atoms with Crippen LogP contribution in [0.4, 0.5) is 0 Å². The second-order valence-corrected chi connectivity index (χ2v) is 10.00. The molecule has 0 aliphatic carbocycles. The van der Waals surface area contributed by atoms with E-state index in [0.717, 1.165) is 0 Å². The highest BCUT2D eigenvalue weighted by Crippen LogP contribution is 2.08. The summed E-state index contributed by atoms with van der Waals surface area (Å²) in [4.78, 5) is 23.5. The lowest BCUT2D eigenvalue weighted by atomic mass is 10.0. The summed E-state index contributed by atoms with van der Waals surface area (Å²) in [6, 6.07) is 0. The van der Waals surface area contributed by atoms with Crippen molar-refractivity contribution in [2.75, 3.05) is 7.11 Å².